The van der Waals surface area contributed by atoms with Crippen LogP contribution in [0.1, 0.15) is 45.5 Å². The molecule has 0 saturated carbocycles. The molecule has 2 fully saturated rings. The van der Waals surface area contributed by atoms with Gasteiger partial charge in [0.05, 0.1) is 24.5 Å². The van der Waals surface area contributed by atoms with Gasteiger partial charge in [0.25, 0.3) is 5.91 Å². The van der Waals surface area contributed by atoms with Gasteiger partial charge in [-0.1, -0.05) is 17.7 Å². The largest absolute Gasteiger partial charge is 0.478 e. The van der Waals surface area contributed by atoms with Crippen molar-refractivity contribution in [2.75, 3.05) is 56.2 Å². The summed E-state index contributed by atoms with van der Waals surface area (Å²) in [5.41, 5.74) is 2.99. The van der Waals surface area contributed by atoms with Gasteiger partial charge >= 0.3 is 5.97 Å². The first-order valence-corrected chi connectivity index (χ1v) is 11.8. The van der Waals surface area contributed by atoms with Crippen molar-refractivity contribution < 1.29 is 19.4 Å². The molecular formula is C26H33N3O4. The van der Waals surface area contributed by atoms with Gasteiger partial charge < -0.3 is 20.1 Å². The van der Waals surface area contributed by atoms with Crippen LogP contribution in [0.15, 0.2) is 42.5 Å². The molecule has 0 aliphatic carbocycles. The third-order valence-electron chi connectivity index (χ3n) is 6.68. The number of carboxylic acids is 1. The molecule has 2 aromatic rings. The summed E-state index contributed by atoms with van der Waals surface area (Å²) in [6, 6.07) is 12.5. The van der Waals surface area contributed by atoms with E-state index in [-0.39, 0.29) is 11.5 Å². The highest BCUT2D eigenvalue weighted by Gasteiger charge is 2.24. The molecule has 7 nitrogen and oxygen atoms in total. The van der Waals surface area contributed by atoms with Crippen molar-refractivity contribution in [2.45, 2.75) is 26.2 Å². The number of aromatic carboxylic acids is 1. The van der Waals surface area contributed by atoms with Gasteiger partial charge in [-0.3, -0.25) is 9.69 Å². The molecule has 33 heavy (non-hydrogen) atoms. The second kappa shape index (κ2) is 10.8. The molecule has 1 amide bonds. The number of morpholine rings is 1. The molecule has 0 aromatic heterocycles. The third-order valence-corrected chi connectivity index (χ3v) is 6.68. The molecule has 2 saturated heterocycles. The summed E-state index contributed by atoms with van der Waals surface area (Å²) in [7, 11) is 0. The second-order valence-electron chi connectivity index (χ2n) is 9.03. The monoisotopic (exact) mass is 451 g/mol. The van der Waals surface area contributed by atoms with Gasteiger partial charge in [0.2, 0.25) is 0 Å². The van der Waals surface area contributed by atoms with Crippen LogP contribution >= 0.6 is 0 Å². The summed E-state index contributed by atoms with van der Waals surface area (Å²) in [6.07, 6.45) is 3.31. The Balaban J connectivity index is 1.36. The van der Waals surface area contributed by atoms with Gasteiger partial charge in [0.15, 0.2) is 0 Å². The summed E-state index contributed by atoms with van der Waals surface area (Å²) in [4.78, 5) is 29.2. The number of nitrogens with zero attached hydrogens (tertiary/aromatic N) is 2. The summed E-state index contributed by atoms with van der Waals surface area (Å²) >= 11 is 0. The quantitative estimate of drug-likeness (QED) is 0.665. The number of hydrogen-bond donors (Lipinski definition) is 2. The van der Waals surface area contributed by atoms with Crippen LogP contribution in [0.5, 0.6) is 0 Å². The van der Waals surface area contributed by atoms with Crippen LogP contribution in [-0.2, 0) is 4.74 Å². The van der Waals surface area contributed by atoms with Gasteiger partial charge in [-0.2, -0.15) is 0 Å². The number of amides is 1. The molecule has 0 spiro atoms. The standard InChI is InChI=1S/C26H33N3O4/c1-19-3-2-4-21(17-19)25(30)27-22-5-6-24(23(18-22)26(31)32)29-11-8-20(9-12-29)7-10-28-13-15-33-16-14-28/h2-6,17-18,20H,7-16H2,1H3,(H,27,30)(H,31,32). The number of benzene rings is 2. The number of piperidine rings is 1. The lowest BCUT2D eigenvalue weighted by Gasteiger charge is -2.35. The Morgan fingerprint density at radius 3 is 2.52 bits per heavy atom. The number of hydrogen-bond acceptors (Lipinski definition) is 5. The van der Waals surface area contributed by atoms with E-state index in [2.05, 4.69) is 15.1 Å². The molecule has 0 unspecified atom stereocenters. The Hall–Kier alpha value is -2.90. The highest BCUT2D eigenvalue weighted by molar-refractivity contribution is 6.05. The van der Waals surface area contributed by atoms with E-state index in [0.29, 0.717) is 17.2 Å². The number of nitrogens with one attached hydrogen (secondary N) is 1. The Morgan fingerprint density at radius 2 is 1.82 bits per heavy atom. The van der Waals surface area contributed by atoms with Crippen LogP contribution < -0.4 is 10.2 Å². The highest BCUT2D eigenvalue weighted by Crippen LogP contribution is 2.30. The Bertz CT molecular complexity index is 979. The van der Waals surface area contributed by atoms with Crippen molar-refractivity contribution >= 4 is 23.3 Å². The summed E-state index contributed by atoms with van der Waals surface area (Å²) < 4.78 is 5.42. The highest BCUT2D eigenvalue weighted by atomic mass is 16.5. The van der Waals surface area contributed by atoms with Crippen molar-refractivity contribution in [2.24, 2.45) is 5.92 Å². The van der Waals surface area contributed by atoms with Crippen molar-refractivity contribution in [3.05, 3.63) is 59.2 Å². The predicted molar refractivity (Wildman–Crippen MR) is 129 cm³/mol. The molecular weight excluding hydrogens is 418 g/mol. The first-order chi connectivity index (χ1) is 16.0. The lowest BCUT2D eigenvalue weighted by Crippen LogP contribution is -2.39. The average molecular weight is 452 g/mol. The second-order valence-corrected chi connectivity index (χ2v) is 9.03. The lowest BCUT2D eigenvalue weighted by molar-refractivity contribution is 0.0349. The Labute approximate surface area is 195 Å². The fraction of sp³-hybridized carbons (Fsp3) is 0.462. The van der Waals surface area contributed by atoms with E-state index in [1.54, 1.807) is 18.2 Å². The minimum absolute atomic E-state index is 0.226. The van der Waals surface area contributed by atoms with E-state index < -0.39 is 5.97 Å². The summed E-state index contributed by atoms with van der Waals surface area (Å²) in [6.45, 7) is 8.45. The molecule has 176 valence electrons. The lowest BCUT2D eigenvalue weighted by atomic mass is 9.92. The van der Waals surface area contributed by atoms with Gasteiger partial charge in [-0.05, 0) is 69.0 Å². The molecule has 2 aliphatic rings. The first kappa shape index (κ1) is 23.3. The molecule has 0 bridgehead atoms. The fourth-order valence-electron chi connectivity index (χ4n) is 4.70. The number of carboxylic acid groups (broad SMARTS) is 1. The molecule has 2 aliphatic heterocycles. The van der Waals surface area contributed by atoms with Crippen LogP contribution in [0.4, 0.5) is 11.4 Å². The molecule has 0 atom stereocenters. The zero-order valence-electron chi connectivity index (χ0n) is 19.3. The normalized spacial score (nSPS) is 17.7. The minimum atomic E-state index is -0.980. The predicted octanol–water partition coefficient (Wildman–Crippen LogP) is 3.88. The SMILES string of the molecule is Cc1cccc(C(=O)Nc2ccc(N3CCC(CCN4CCOCC4)CC3)c(C(=O)O)c2)c1. The number of carbonyl (C=O) groups excluding carboxylic acids is 1. The average Bonchev–Trinajstić information content (AvgIpc) is 2.84. The van der Waals surface area contributed by atoms with Gasteiger partial charge in [0.1, 0.15) is 0 Å². The Kier molecular flexibility index (Phi) is 7.62. The summed E-state index contributed by atoms with van der Waals surface area (Å²) in [5, 5.41) is 12.7. The van der Waals surface area contributed by atoms with Crippen LogP contribution in [0.25, 0.3) is 0 Å². The van der Waals surface area contributed by atoms with Gasteiger partial charge in [-0.15, -0.1) is 0 Å². The van der Waals surface area contributed by atoms with Gasteiger partial charge in [-0.25, -0.2) is 4.79 Å². The Morgan fingerprint density at radius 1 is 1.06 bits per heavy atom. The topological polar surface area (TPSA) is 82.1 Å². The maximum absolute atomic E-state index is 12.6. The van der Waals surface area contributed by atoms with Crippen molar-refractivity contribution in [3.8, 4) is 0 Å². The van der Waals surface area contributed by atoms with E-state index in [9.17, 15) is 14.7 Å². The van der Waals surface area contributed by atoms with Crippen molar-refractivity contribution in [3.63, 3.8) is 0 Å². The number of carbonyl (C=O) groups is 2. The number of ether oxygens (including phenoxy) is 1. The zero-order valence-corrected chi connectivity index (χ0v) is 19.3. The number of anilines is 2. The van der Waals surface area contributed by atoms with Crippen LogP contribution in [-0.4, -0.2) is 67.8 Å². The van der Waals surface area contributed by atoms with Crippen molar-refractivity contribution in [1.29, 1.82) is 0 Å². The molecule has 2 heterocycles. The minimum Gasteiger partial charge on any atom is -0.478 e. The zero-order chi connectivity index (χ0) is 23.2. The molecule has 7 heteroatoms. The van der Waals surface area contributed by atoms with Crippen LogP contribution in [0, 0.1) is 12.8 Å². The molecule has 2 aromatic carbocycles. The van der Waals surface area contributed by atoms with Crippen LogP contribution in [0.3, 0.4) is 0 Å². The molecule has 2 N–H and O–H groups in total. The smallest absolute Gasteiger partial charge is 0.337 e. The van der Waals surface area contributed by atoms with Crippen LogP contribution in [0.2, 0.25) is 0 Å². The van der Waals surface area contributed by atoms with E-state index in [4.69, 9.17) is 4.74 Å². The summed E-state index contributed by atoms with van der Waals surface area (Å²) in [5.74, 6) is -0.555. The van der Waals surface area contributed by atoms with E-state index in [1.165, 1.54) is 6.42 Å². The molecule has 0 radical (unpaired) electrons. The van der Waals surface area contributed by atoms with E-state index in [1.807, 2.05) is 31.2 Å². The third kappa shape index (κ3) is 6.12. The van der Waals surface area contributed by atoms with E-state index in [0.717, 1.165) is 70.0 Å². The van der Waals surface area contributed by atoms with E-state index >= 15 is 0 Å². The van der Waals surface area contributed by atoms with Gasteiger partial charge in [0, 0.05) is 37.4 Å². The maximum atomic E-state index is 12.6. The number of aryl methyl sites for hydroxylation is 1. The maximum Gasteiger partial charge on any atom is 0.337 e. The number of rotatable bonds is 7. The molecule has 4 rings (SSSR count). The first-order valence-electron chi connectivity index (χ1n) is 11.8. The van der Waals surface area contributed by atoms with Crippen molar-refractivity contribution in [1.82, 2.24) is 4.90 Å². The fourth-order valence-corrected chi connectivity index (χ4v) is 4.70.